The zero-order valence-corrected chi connectivity index (χ0v) is 11.6. The van der Waals surface area contributed by atoms with E-state index >= 15 is 0 Å². The average molecular weight is 277 g/mol. The van der Waals surface area contributed by atoms with Crippen molar-refractivity contribution in [1.82, 2.24) is 9.55 Å². The van der Waals surface area contributed by atoms with Crippen molar-refractivity contribution in [3.05, 3.63) is 22.7 Å². The summed E-state index contributed by atoms with van der Waals surface area (Å²) in [4.78, 5) is 30.1. The molecule has 0 spiro atoms. The number of hydrogen-bond donors (Lipinski definition) is 0. The highest BCUT2D eigenvalue weighted by Crippen LogP contribution is 2.33. The first-order valence-electron chi connectivity index (χ1n) is 7.10. The summed E-state index contributed by atoms with van der Waals surface area (Å²) in [6.07, 6.45) is 7.05. The number of anilines is 1. The highest BCUT2D eigenvalue weighted by atomic mass is 16.5. The minimum Gasteiger partial charge on any atom is -0.469 e. The second-order valence-corrected chi connectivity index (χ2v) is 5.48. The third kappa shape index (κ3) is 2.42. The molecule has 20 heavy (non-hydrogen) atoms. The lowest BCUT2D eigenvalue weighted by Crippen LogP contribution is -2.40. The molecule has 108 valence electrons. The van der Waals surface area contributed by atoms with Crippen LogP contribution in [0.25, 0.3) is 0 Å². The Labute approximate surface area is 117 Å². The van der Waals surface area contributed by atoms with Crippen LogP contribution < -0.4 is 10.5 Å². The zero-order valence-electron chi connectivity index (χ0n) is 11.6. The highest BCUT2D eigenvalue weighted by Gasteiger charge is 2.29. The highest BCUT2D eigenvalue weighted by molar-refractivity contribution is 5.72. The molecule has 1 aromatic heterocycles. The molecule has 0 amide bonds. The standard InChI is InChI=1S/C14H19N3O3/c1-20-14(19)10-4-7-16(8-5-10)12-13(18)17(9-6-15-12)11-2-3-11/h6,9-11H,2-5,7-8H2,1H3. The summed E-state index contributed by atoms with van der Waals surface area (Å²) in [5.74, 6) is 0.314. The lowest BCUT2D eigenvalue weighted by Gasteiger charge is -2.31. The summed E-state index contributed by atoms with van der Waals surface area (Å²) < 4.78 is 6.56. The lowest BCUT2D eigenvalue weighted by molar-refractivity contribution is -0.146. The summed E-state index contributed by atoms with van der Waals surface area (Å²) >= 11 is 0. The van der Waals surface area contributed by atoms with Crippen molar-refractivity contribution >= 4 is 11.8 Å². The summed E-state index contributed by atoms with van der Waals surface area (Å²) in [6, 6.07) is 0.358. The van der Waals surface area contributed by atoms with Gasteiger partial charge in [-0.15, -0.1) is 0 Å². The predicted molar refractivity (Wildman–Crippen MR) is 73.7 cm³/mol. The number of methoxy groups -OCH3 is 1. The second-order valence-electron chi connectivity index (χ2n) is 5.48. The number of hydrogen-bond acceptors (Lipinski definition) is 5. The van der Waals surface area contributed by atoms with E-state index in [1.54, 1.807) is 17.0 Å². The molecular formula is C14H19N3O3. The Bertz CT molecular complexity index is 557. The number of rotatable bonds is 3. The van der Waals surface area contributed by atoms with Crippen molar-refractivity contribution in [2.75, 3.05) is 25.1 Å². The molecular weight excluding hydrogens is 258 g/mol. The molecule has 2 fully saturated rings. The molecule has 3 rings (SSSR count). The van der Waals surface area contributed by atoms with E-state index in [9.17, 15) is 9.59 Å². The van der Waals surface area contributed by atoms with Crippen molar-refractivity contribution < 1.29 is 9.53 Å². The molecule has 1 aliphatic heterocycles. The molecule has 6 heteroatoms. The third-order valence-electron chi connectivity index (χ3n) is 4.12. The Hall–Kier alpha value is -1.85. The van der Waals surface area contributed by atoms with Gasteiger partial charge in [-0.3, -0.25) is 9.59 Å². The normalized spacial score (nSPS) is 19.9. The van der Waals surface area contributed by atoms with Crippen molar-refractivity contribution in [3.8, 4) is 0 Å². The van der Waals surface area contributed by atoms with Crippen LogP contribution in [0.4, 0.5) is 5.82 Å². The van der Waals surface area contributed by atoms with Gasteiger partial charge in [0.1, 0.15) is 0 Å². The molecule has 0 atom stereocenters. The van der Waals surface area contributed by atoms with E-state index in [2.05, 4.69) is 4.98 Å². The molecule has 1 aromatic rings. The number of nitrogens with zero attached hydrogens (tertiary/aromatic N) is 3. The smallest absolute Gasteiger partial charge is 0.308 e. The van der Waals surface area contributed by atoms with Gasteiger partial charge in [0.25, 0.3) is 5.56 Å². The first kappa shape index (κ1) is 13.1. The van der Waals surface area contributed by atoms with Gasteiger partial charge in [0.2, 0.25) is 0 Å². The first-order valence-corrected chi connectivity index (χ1v) is 7.10. The SMILES string of the molecule is COC(=O)C1CCN(c2nccn(C3CC3)c2=O)CC1. The van der Waals surface area contributed by atoms with Gasteiger partial charge < -0.3 is 14.2 Å². The van der Waals surface area contributed by atoms with Crippen LogP contribution in [0.5, 0.6) is 0 Å². The van der Waals surface area contributed by atoms with Crippen LogP contribution in [0.15, 0.2) is 17.2 Å². The molecule has 0 aromatic carbocycles. The Morgan fingerprint density at radius 1 is 1.30 bits per heavy atom. The van der Waals surface area contributed by atoms with Crippen molar-refractivity contribution in [2.45, 2.75) is 31.7 Å². The molecule has 2 aliphatic rings. The average Bonchev–Trinajstić information content (AvgIpc) is 3.31. The predicted octanol–water partition coefficient (Wildman–Crippen LogP) is 0.968. The molecule has 0 bridgehead atoms. The maximum absolute atomic E-state index is 12.4. The van der Waals surface area contributed by atoms with Crippen molar-refractivity contribution in [1.29, 1.82) is 0 Å². The largest absolute Gasteiger partial charge is 0.469 e. The zero-order chi connectivity index (χ0) is 14.1. The van der Waals surface area contributed by atoms with Crippen LogP contribution in [-0.2, 0) is 9.53 Å². The monoisotopic (exact) mass is 277 g/mol. The van der Waals surface area contributed by atoms with E-state index in [4.69, 9.17) is 4.74 Å². The van der Waals surface area contributed by atoms with Crippen LogP contribution >= 0.6 is 0 Å². The summed E-state index contributed by atoms with van der Waals surface area (Å²) in [5.41, 5.74) is -0.00785. The molecule has 0 N–H and O–H groups in total. The van der Waals surface area contributed by atoms with E-state index in [-0.39, 0.29) is 17.4 Å². The van der Waals surface area contributed by atoms with Crippen LogP contribution in [-0.4, -0.2) is 35.7 Å². The lowest BCUT2D eigenvalue weighted by atomic mass is 9.97. The second kappa shape index (κ2) is 5.26. The number of ether oxygens (including phenoxy) is 1. The number of esters is 1. The van der Waals surface area contributed by atoms with E-state index in [0.717, 1.165) is 12.8 Å². The molecule has 1 saturated heterocycles. The Morgan fingerprint density at radius 2 is 2.00 bits per heavy atom. The van der Waals surface area contributed by atoms with Crippen molar-refractivity contribution in [3.63, 3.8) is 0 Å². The molecule has 1 saturated carbocycles. The minimum atomic E-state index is -0.152. The van der Waals surface area contributed by atoms with Gasteiger partial charge in [-0.25, -0.2) is 4.98 Å². The molecule has 0 unspecified atom stereocenters. The number of aromatic nitrogens is 2. The van der Waals surface area contributed by atoms with Gasteiger partial charge in [0.05, 0.1) is 13.0 Å². The summed E-state index contributed by atoms with van der Waals surface area (Å²) in [6.45, 7) is 1.35. The summed E-state index contributed by atoms with van der Waals surface area (Å²) in [7, 11) is 1.42. The van der Waals surface area contributed by atoms with E-state index in [0.29, 0.717) is 37.8 Å². The topological polar surface area (TPSA) is 64.4 Å². The van der Waals surface area contributed by atoms with Gasteiger partial charge in [0.15, 0.2) is 5.82 Å². The van der Waals surface area contributed by atoms with Crippen molar-refractivity contribution in [2.24, 2.45) is 5.92 Å². The third-order valence-corrected chi connectivity index (χ3v) is 4.12. The van der Waals surface area contributed by atoms with Crippen LogP contribution in [0, 0.1) is 5.92 Å². The number of carbonyl (C=O) groups is 1. The molecule has 0 radical (unpaired) electrons. The van der Waals surface area contributed by atoms with E-state index in [1.165, 1.54) is 7.11 Å². The van der Waals surface area contributed by atoms with Crippen LogP contribution in [0.1, 0.15) is 31.7 Å². The molecule has 2 heterocycles. The number of carbonyl (C=O) groups excluding carboxylic acids is 1. The maximum atomic E-state index is 12.4. The summed E-state index contributed by atoms with van der Waals surface area (Å²) in [5, 5.41) is 0. The number of piperidine rings is 1. The van der Waals surface area contributed by atoms with Crippen LogP contribution in [0.2, 0.25) is 0 Å². The minimum absolute atomic E-state index is 0.00785. The van der Waals surface area contributed by atoms with Gasteiger partial charge in [-0.1, -0.05) is 0 Å². The molecule has 6 nitrogen and oxygen atoms in total. The van der Waals surface area contributed by atoms with Crippen LogP contribution in [0.3, 0.4) is 0 Å². The Kier molecular flexibility index (Phi) is 3.46. The van der Waals surface area contributed by atoms with Gasteiger partial charge >= 0.3 is 5.97 Å². The fraction of sp³-hybridized carbons (Fsp3) is 0.643. The fourth-order valence-electron chi connectivity index (χ4n) is 2.76. The van der Waals surface area contributed by atoms with Gasteiger partial charge in [0, 0.05) is 31.5 Å². The van der Waals surface area contributed by atoms with E-state index < -0.39 is 0 Å². The maximum Gasteiger partial charge on any atom is 0.308 e. The van der Waals surface area contributed by atoms with E-state index in [1.807, 2.05) is 4.90 Å². The molecule has 1 aliphatic carbocycles. The fourth-order valence-corrected chi connectivity index (χ4v) is 2.76. The van der Waals surface area contributed by atoms with Gasteiger partial charge in [-0.2, -0.15) is 0 Å². The quantitative estimate of drug-likeness (QED) is 0.770. The first-order chi connectivity index (χ1) is 9.70. The Balaban J connectivity index is 1.74. The van der Waals surface area contributed by atoms with Gasteiger partial charge in [-0.05, 0) is 25.7 Å². The Morgan fingerprint density at radius 3 is 2.60 bits per heavy atom.